The smallest absolute Gasteiger partial charge is 0.147 e. The summed E-state index contributed by atoms with van der Waals surface area (Å²) in [7, 11) is 3.92. The third-order valence-corrected chi connectivity index (χ3v) is 3.93. The minimum Gasteiger partial charge on any atom is -0.383 e. The van der Waals surface area contributed by atoms with E-state index >= 15 is 0 Å². The van der Waals surface area contributed by atoms with Crippen LogP contribution in [0.2, 0.25) is 0 Å². The van der Waals surface area contributed by atoms with Crippen molar-refractivity contribution >= 4 is 5.82 Å². The van der Waals surface area contributed by atoms with Crippen LogP contribution in [0, 0.1) is 5.92 Å². The van der Waals surface area contributed by atoms with Gasteiger partial charge in [0.15, 0.2) is 0 Å². The Balaban J connectivity index is 1.93. The molecule has 1 aliphatic heterocycles. The first-order valence-electron chi connectivity index (χ1n) is 7.51. The highest BCUT2D eigenvalue weighted by Crippen LogP contribution is 2.22. The number of rotatable bonds is 6. The standard InChI is InChI=1S/C15H26N4O/c1-19-9-3-4-13(5-10-19)12-14-15(17-7-6-16-14)18-8-11-20-2/h6-7,13H,3-5,8-12H2,1-2H3,(H,17,18)/t13-/m1/s1. The van der Waals surface area contributed by atoms with Gasteiger partial charge in [-0.1, -0.05) is 0 Å². The minimum atomic E-state index is 0.685. The number of methoxy groups -OCH3 is 1. The number of anilines is 1. The van der Waals surface area contributed by atoms with Crippen LogP contribution in [0.4, 0.5) is 5.82 Å². The molecule has 2 rings (SSSR count). The van der Waals surface area contributed by atoms with E-state index in [0.29, 0.717) is 6.61 Å². The molecule has 1 N–H and O–H groups in total. The topological polar surface area (TPSA) is 50.3 Å². The summed E-state index contributed by atoms with van der Waals surface area (Å²) in [5.74, 6) is 1.64. The average molecular weight is 278 g/mol. The van der Waals surface area contributed by atoms with Crippen LogP contribution in [0.3, 0.4) is 0 Å². The third-order valence-electron chi connectivity index (χ3n) is 3.93. The fraction of sp³-hybridized carbons (Fsp3) is 0.733. The summed E-state index contributed by atoms with van der Waals surface area (Å²) in [6.07, 6.45) is 8.40. The van der Waals surface area contributed by atoms with Crippen LogP contribution in [0.5, 0.6) is 0 Å². The summed E-state index contributed by atoms with van der Waals surface area (Å²) in [5, 5.41) is 3.32. The lowest BCUT2D eigenvalue weighted by Gasteiger charge is -2.16. The van der Waals surface area contributed by atoms with Gasteiger partial charge in [-0.2, -0.15) is 0 Å². The van der Waals surface area contributed by atoms with E-state index < -0.39 is 0 Å². The summed E-state index contributed by atoms with van der Waals surface area (Å²) in [6.45, 7) is 3.87. The van der Waals surface area contributed by atoms with Gasteiger partial charge in [-0.3, -0.25) is 4.98 Å². The van der Waals surface area contributed by atoms with E-state index in [2.05, 4.69) is 27.2 Å². The summed E-state index contributed by atoms with van der Waals surface area (Å²) < 4.78 is 5.07. The summed E-state index contributed by atoms with van der Waals surface area (Å²) in [4.78, 5) is 11.4. The fourth-order valence-corrected chi connectivity index (χ4v) is 2.72. The molecule has 20 heavy (non-hydrogen) atoms. The lowest BCUT2D eigenvalue weighted by Crippen LogP contribution is -2.19. The average Bonchev–Trinajstić information content (AvgIpc) is 2.66. The Bertz CT molecular complexity index is 399. The highest BCUT2D eigenvalue weighted by Gasteiger charge is 2.17. The summed E-state index contributed by atoms with van der Waals surface area (Å²) in [6, 6.07) is 0. The van der Waals surface area contributed by atoms with Gasteiger partial charge in [0.05, 0.1) is 12.3 Å². The molecule has 0 spiro atoms. The number of hydrogen-bond acceptors (Lipinski definition) is 5. The Labute approximate surface area is 121 Å². The van der Waals surface area contributed by atoms with Crippen molar-refractivity contribution in [1.29, 1.82) is 0 Å². The van der Waals surface area contributed by atoms with E-state index in [0.717, 1.165) is 30.4 Å². The summed E-state index contributed by atoms with van der Waals surface area (Å²) >= 11 is 0. The first kappa shape index (κ1) is 15.2. The van der Waals surface area contributed by atoms with Gasteiger partial charge in [0.25, 0.3) is 0 Å². The predicted molar refractivity (Wildman–Crippen MR) is 80.9 cm³/mol. The Morgan fingerprint density at radius 3 is 3.00 bits per heavy atom. The first-order valence-corrected chi connectivity index (χ1v) is 7.51. The molecule has 0 unspecified atom stereocenters. The van der Waals surface area contributed by atoms with Crippen LogP contribution in [0.25, 0.3) is 0 Å². The molecule has 1 aromatic rings. The molecule has 1 aliphatic rings. The second kappa shape index (κ2) is 8.17. The molecule has 0 amide bonds. The SMILES string of the molecule is COCCNc1nccnc1C[C@@H]1CCCN(C)CC1. The van der Waals surface area contributed by atoms with Crippen molar-refractivity contribution in [2.45, 2.75) is 25.7 Å². The highest BCUT2D eigenvalue weighted by atomic mass is 16.5. The number of hydrogen-bond donors (Lipinski definition) is 1. The van der Waals surface area contributed by atoms with E-state index in [4.69, 9.17) is 4.74 Å². The number of likely N-dealkylation sites (tertiary alicyclic amines) is 1. The lowest BCUT2D eigenvalue weighted by molar-refractivity contribution is 0.210. The number of aromatic nitrogens is 2. The van der Waals surface area contributed by atoms with Crippen molar-refractivity contribution in [2.75, 3.05) is 45.7 Å². The van der Waals surface area contributed by atoms with Gasteiger partial charge in [0.2, 0.25) is 0 Å². The van der Waals surface area contributed by atoms with Gasteiger partial charge in [0, 0.05) is 26.0 Å². The number of nitrogens with one attached hydrogen (secondary N) is 1. The van der Waals surface area contributed by atoms with Crippen LogP contribution in [-0.2, 0) is 11.2 Å². The fourth-order valence-electron chi connectivity index (χ4n) is 2.72. The zero-order chi connectivity index (χ0) is 14.2. The zero-order valence-electron chi connectivity index (χ0n) is 12.6. The highest BCUT2D eigenvalue weighted by molar-refractivity contribution is 5.39. The maximum atomic E-state index is 5.07. The van der Waals surface area contributed by atoms with Crippen LogP contribution >= 0.6 is 0 Å². The van der Waals surface area contributed by atoms with E-state index in [1.54, 1.807) is 19.5 Å². The molecule has 5 heteroatoms. The molecule has 0 saturated carbocycles. The molecule has 1 aromatic heterocycles. The number of nitrogens with zero attached hydrogens (tertiary/aromatic N) is 3. The van der Waals surface area contributed by atoms with Crippen LogP contribution in [0.15, 0.2) is 12.4 Å². The van der Waals surface area contributed by atoms with E-state index in [-0.39, 0.29) is 0 Å². The molecule has 1 fully saturated rings. The molecule has 112 valence electrons. The van der Waals surface area contributed by atoms with Crippen molar-refractivity contribution in [1.82, 2.24) is 14.9 Å². The van der Waals surface area contributed by atoms with Crippen molar-refractivity contribution in [3.8, 4) is 0 Å². The Morgan fingerprint density at radius 1 is 1.30 bits per heavy atom. The van der Waals surface area contributed by atoms with E-state index in [1.165, 1.54) is 32.4 Å². The maximum absolute atomic E-state index is 5.07. The van der Waals surface area contributed by atoms with E-state index in [9.17, 15) is 0 Å². The quantitative estimate of drug-likeness (QED) is 0.804. The lowest BCUT2D eigenvalue weighted by atomic mass is 9.95. The monoisotopic (exact) mass is 278 g/mol. The predicted octanol–water partition coefficient (Wildman–Crippen LogP) is 1.81. The van der Waals surface area contributed by atoms with Gasteiger partial charge in [-0.25, -0.2) is 4.98 Å². The maximum Gasteiger partial charge on any atom is 0.147 e. The van der Waals surface area contributed by atoms with Crippen molar-refractivity contribution < 1.29 is 4.74 Å². The van der Waals surface area contributed by atoms with Gasteiger partial charge < -0.3 is 15.0 Å². The van der Waals surface area contributed by atoms with Gasteiger partial charge in [0.1, 0.15) is 5.82 Å². The Morgan fingerprint density at radius 2 is 2.15 bits per heavy atom. The zero-order valence-corrected chi connectivity index (χ0v) is 12.6. The van der Waals surface area contributed by atoms with Crippen molar-refractivity contribution in [3.05, 3.63) is 18.1 Å². The molecule has 2 heterocycles. The Kier molecular flexibility index (Phi) is 6.21. The van der Waals surface area contributed by atoms with Crippen LogP contribution in [-0.4, -0.2) is 55.3 Å². The van der Waals surface area contributed by atoms with Gasteiger partial charge in [-0.15, -0.1) is 0 Å². The molecule has 0 radical (unpaired) electrons. The van der Waals surface area contributed by atoms with Crippen molar-refractivity contribution in [2.24, 2.45) is 5.92 Å². The molecule has 0 bridgehead atoms. The first-order chi connectivity index (χ1) is 9.79. The second-order valence-corrected chi connectivity index (χ2v) is 5.58. The third kappa shape index (κ3) is 4.72. The second-order valence-electron chi connectivity index (χ2n) is 5.58. The molecule has 0 aliphatic carbocycles. The van der Waals surface area contributed by atoms with Crippen molar-refractivity contribution in [3.63, 3.8) is 0 Å². The number of ether oxygens (including phenoxy) is 1. The van der Waals surface area contributed by atoms with Crippen LogP contribution in [0.1, 0.15) is 25.0 Å². The van der Waals surface area contributed by atoms with Gasteiger partial charge >= 0.3 is 0 Å². The van der Waals surface area contributed by atoms with E-state index in [1.807, 2.05) is 0 Å². The molecular formula is C15H26N4O. The largest absolute Gasteiger partial charge is 0.383 e. The Hall–Kier alpha value is -1.20. The summed E-state index contributed by atoms with van der Waals surface area (Å²) in [5.41, 5.74) is 1.10. The molecular weight excluding hydrogens is 252 g/mol. The normalized spacial score (nSPS) is 20.6. The molecule has 1 saturated heterocycles. The minimum absolute atomic E-state index is 0.685. The molecule has 5 nitrogen and oxygen atoms in total. The molecule has 1 atom stereocenters. The van der Waals surface area contributed by atoms with Crippen LogP contribution < -0.4 is 5.32 Å². The molecule has 0 aromatic carbocycles. The van der Waals surface area contributed by atoms with Gasteiger partial charge in [-0.05, 0) is 51.7 Å².